The van der Waals surface area contributed by atoms with E-state index in [0.717, 1.165) is 5.56 Å². The first-order chi connectivity index (χ1) is 9.58. The van der Waals surface area contributed by atoms with E-state index in [2.05, 4.69) is 0 Å². The average Bonchev–Trinajstić information content (AvgIpc) is 2.82. The first-order valence-corrected chi connectivity index (χ1v) is 6.98. The molecule has 5 nitrogen and oxygen atoms in total. The second-order valence-corrected chi connectivity index (χ2v) is 5.31. The summed E-state index contributed by atoms with van der Waals surface area (Å²) in [6.07, 6.45) is -0.899. The lowest BCUT2D eigenvalue weighted by Gasteiger charge is -2.23. The highest BCUT2D eigenvalue weighted by atomic mass is 35.5. The normalized spacial score (nSPS) is 16.6. The summed E-state index contributed by atoms with van der Waals surface area (Å²) in [6.45, 7) is 2.85. The first-order valence-electron chi connectivity index (χ1n) is 6.60. The van der Waals surface area contributed by atoms with Crippen LogP contribution < -0.4 is 0 Å². The largest absolute Gasteiger partial charge is 0.448 e. The van der Waals surface area contributed by atoms with Gasteiger partial charge in [0.25, 0.3) is 0 Å². The Morgan fingerprint density at radius 2 is 2.25 bits per heavy atom. The number of benzene rings is 1. The van der Waals surface area contributed by atoms with Gasteiger partial charge in [0.05, 0.1) is 12.6 Å². The Kier molecular flexibility index (Phi) is 5.23. The number of carbonyl (C=O) groups excluding carboxylic acids is 1. The lowest BCUT2D eigenvalue weighted by molar-refractivity contribution is 0.120. The summed E-state index contributed by atoms with van der Waals surface area (Å²) in [6, 6.07) is 7.27. The van der Waals surface area contributed by atoms with Crippen LogP contribution in [-0.2, 0) is 4.74 Å². The molecule has 20 heavy (non-hydrogen) atoms. The number of amides is 1. The van der Waals surface area contributed by atoms with Crippen LogP contribution in [0.25, 0.3) is 0 Å². The standard InChI is InChI=1S/C14H19ClN2O3/c1-16(6-7-17-8-9-20-14(17)19)10-13(18)11-4-2-3-5-12(11)15/h2-5,13,18H,6-10H2,1H3. The van der Waals surface area contributed by atoms with E-state index in [9.17, 15) is 9.90 Å². The fraction of sp³-hybridized carbons (Fsp3) is 0.500. The van der Waals surface area contributed by atoms with Crippen LogP contribution in [0.1, 0.15) is 11.7 Å². The van der Waals surface area contributed by atoms with Gasteiger partial charge in [-0.1, -0.05) is 29.8 Å². The molecule has 1 fully saturated rings. The molecule has 0 aliphatic carbocycles. The first kappa shape index (κ1) is 15.1. The number of hydrogen-bond acceptors (Lipinski definition) is 4. The van der Waals surface area contributed by atoms with Gasteiger partial charge in [-0.15, -0.1) is 0 Å². The lowest BCUT2D eigenvalue weighted by atomic mass is 10.1. The number of hydrogen-bond donors (Lipinski definition) is 1. The second-order valence-electron chi connectivity index (χ2n) is 4.90. The molecule has 1 aromatic carbocycles. The van der Waals surface area contributed by atoms with E-state index < -0.39 is 6.10 Å². The molecular formula is C14H19ClN2O3. The maximum atomic E-state index is 11.3. The third kappa shape index (κ3) is 3.85. The summed E-state index contributed by atoms with van der Waals surface area (Å²) in [5.74, 6) is 0. The maximum Gasteiger partial charge on any atom is 0.409 e. The Labute approximate surface area is 123 Å². The summed E-state index contributed by atoms with van der Waals surface area (Å²) < 4.78 is 4.87. The van der Waals surface area contributed by atoms with Gasteiger partial charge in [0.1, 0.15) is 6.61 Å². The highest BCUT2D eigenvalue weighted by molar-refractivity contribution is 6.31. The van der Waals surface area contributed by atoms with Gasteiger partial charge in [0.15, 0.2) is 0 Å². The predicted octanol–water partition coefficient (Wildman–Crippen LogP) is 1.76. The van der Waals surface area contributed by atoms with Gasteiger partial charge in [0, 0.05) is 30.2 Å². The van der Waals surface area contributed by atoms with Crippen molar-refractivity contribution in [2.45, 2.75) is 6.10 Å². The number of halogens is 1. The van der Waals surface area contributed by atoms with Crippen LogP contribution in [0, 0.1) is 0 Å². The fourth-order valence-electron chi connectivity index (χ4n) is 2.15. The molecule has 2 rings (SSSR count). The maximum absolute atomic E-state index is 11.3. The summed E-state index contributed by atoms with van der Waals surface area (Å²) in [4.78, 5) is 14.9. The van der Waals surface area contributed by atoms with Crippen molar-refractivity contribution < 1.29 is 14.6 Å². The van der Waals surface area contributed by atoms with Crippen molar-refractivity contribution in [3.05, 3.63) is 34.9 Å². The van der Waals surface area contributed by atoms with E-state index in [1.165, 1.54) is 0 Å². The molecule has 1 heterocycles. The molecule has 1 N–H and O–H groups in total. The molecule has 1 aromatic rings. The molecule has 6 heteroatoms. The summed E-state index contributed by atoms with van der Waals surface area (Å²) in [5, 5.41) is 10.8. The van der Waals surface area contributed by atoms with Crippen LogP contribution in [0.4, 0.5) is 4.79 Å². The molecule has 110 valence electrons. The number of ether oxygens (including phenoxy) is 1. The second kappa shape index (κ2) is 6.92. The number of aliphatic hydroxyl groups is 1. The molecule has 1 unspecified atom stereocenters. The minimum atomic E-state index is -0.640. The van der Waals surface area contributed by atoms with E-state index in [-0.39, 0.29) is 6.09 Å². The summed E-state index contributed by atoms with van der Waals surface area (Å²) in [7, 11) is 1.90. The van der Waals surface area contributed by atoms with E-state index in [1.54, 1.807) is 11.0 Å². The SMILES string of the molecule is CN(CCN1CCOC1=O)CC(O)c1ccccc1Cl. The van der Waals surface area contributed by atoms with Crippen molar-refractivity contribution in [1.82, 2.24) is 9.80 Å². The van der Waals surface area contributed by atoms with Gasteiger partial charge in [0.2, 0.25) is 0 Å². The van der Waals surface area contributed by atoms with Gasteiger partial charge in [-0.3, -0.25) is 0 Å². The topological polar surface area (TPSA) is 53.0 Å². The van der Waals surface area contributed by atoms with Gasteiger partial charge < -0.3 is 19.6 Å². The Morgan fingerprint density at radius 3 is 2.90 bits per heavy atom. The smallest absolute Gasteiger partial charge is 0.409 e. The van der Waals surface area contributed by atoms with Crippen molar-refractivity contribution in [2.75, 3.05) is 39.8 Å². The quantitative estimate of drug-likeness (QED) is 0.869. The molecule has 1 amide bonds. The molecule has 0 saturated carbocycles. The van der Waals surface area contributed by atoms with Gasteiger partial charge in [-0.25, -0.2) is 4.79 Å². The lowest BCUT2D eigenvalue weighted by Crippen LogP contribution is -2.35. The van der Waals surface area contributed by atoms with Crippen LogP contribution in [0.3, 0.4) is 0 Å². The average molecular weight is 299 g/mol. The molecule has 0 bridgehead atoms. The monoisotopic (exact) mass is 298 g/mol. The minimum absolute atomic E-state index is 0.259. The van der Waals surface area contributed by atoms with Crippen molar-refractivity contribution in [1.29, 1.82) is 0 Å². The molecule has 1 aliphatic heterocycles. The third-order valence-corrected chi connectivity index (χ3v) is 3.69. The van der Waals surface area contributed by atoms with Crippen molar-refractivity contribution in [3.63, 3.8) is 0 Å². The van der Waals surface area contributed by atoms with E-state index in [4.69, 9.17) is 16.3 Å². The van der Waals surface area contributed by atoms with E-state index in [1.807, 2.05) is 30.1 Å². The van der Waals surface area contributed by atoms with E-state index in [0.29, 0.717) is 37.8 Å². The molecule has 0 radical (unpaired) electrons. The Balaban J connectivity index is 1.80. The van der Waals surface area contributed by atoms with Crippen LogP contribution >= 0.6 is 11.6 Å². The van der Waals surface area contributed by atoms with Crippen molar-refractivity contribution in [2.24, 2.45) is 0 Å². The van der Waals surface area contributed by atoms with Gasteiger partial charge >= 0.3 is 6.09 Å². The highest BCUT2D eigenvalue weighted by Crippen LogP contribution is 2.22. The van der Waals surface area contributed by atoms with Crippen LogP contribution in [0.5, 0.6) is 0 Å². The number of aliphatic hydroxyl groups excluding tert-OH is 1. The molecule has 1 saturated heterocycles. The van der Waals surface area contributed by atoms with Crippen molar-refractivity contribution in [3.8, 4) is 0 Å². The predicted molar refractivity (Wildman–Crippen MR) is 76.8 cm³/mol. The Bertz CT molecular complexity index is 469. The third-order valence-electron chi connectivity index (χ3n) is 3.35. The van der Waals surface area contributed by atoms with Crippen molar-refractivity contribution >= 4 is 17.7 Å². The molecule has 0 spiro atoms. The molecular weight excluding hydrogens is 280 g/mol. The van der Waals surface area contributed by atoms with Gasteiger partial charge in [-0.2, -0.15) is 0 Å². The minimum Gasteiger partial charge on any atom is -0.448 e. The number of nitrogens with zero attached hydrogens (tertiary/aromatic N) is 2. The van der Waals surface area contributed by atoms with Crippen LogP contribution in [0.15, 0.2) is 24.3 Å². The zero-order chi connectivity index (χ0) is 14.5. The highest BCUT2D eigenvalue weighted by Gasteiger charge is 2.22. The number of cyclic esters (lactones) is 1. The number of rotatable bonds is 6. The van der Waals surface area contributed by atoms with Crippen LogP contribution in [0.2, 0.25) is 5.02 Å². The zero-order valence-corrected chi connectivity index (χ0v) is 12.2. The Hall–Kier alpha value is -1.30. The van der Waals surface area contributed by atoms with Gasteiger partial charge in [-0.05, 0) is 13.1 Å². The molecule has 0 aromatic heterocycles. The zero-order valence-electron chi connectivity index (χ0n) is 11.5. The summed E-state index contributed by atoms with van der Waals surface area (Å²) >= 11 is 6.05. The fourth-order valence-corrected chi connectivity index (χ4v) is 2.41. The van der Waals surface area contributed by atoms with E-state index >= 15 is 0 Å². The number of likely N-dealkylation sites (N-methyl/N-ethyl adjacent to an activating group) is 1. The number of carbonyl (C=O) groups is 1. The Morgan fingerprint density at radius 1 is 1.50 bits per heavy atom. The summed E-state index contributed by atoms with van der Waals surface area (Å²) in [5.41, 5.74) is 0.724. The molecule has 1 aliphatic rings. The van der Waals surface area contributed by atoms with Crippen LogP contribution in [-0.4, -0.2) is 60.8 Å². The molecule has 1 atom stereocenters.